The molecule has 0 unspecified atom stereocenters. The van der Waals surface area contributed by atoms with Crippen LogP contribution in [0.5, 0.6) is 0 Å². The van der Waals surface area contributed by atoms with Crippen molar-refractivity contribution >= 4 is 33.2 Å². The summed E-state index contributed by atoms with van der Waals surface area (Å²) >= 11 is 0. The number of para-hydroxylation sites is 2. The van der Waals surface area contributed by atoms with Crippen molar-refractivity contribution in [3.8, 4) is 5.69 Å². The number of halogens is 1. The maximum absolute atomic E-state index is 13.5. The Balaban J connectivity index is 1.98. The molecule has 0 aliphatic heterocycles. The first kappa shape index (κ1) is 17.5. The standard InChI is InChI=1S/C22H18FN5O/c1-3-13(2)27-12-24-20-18(22(27)29)19-21(26-17-7-5-4-6-16(17)25-19)28(20)15-10-8-14(23)9-11-15/h4-13H,3H2,1-2H3/t13-/m1/s1. The molecule has 0 saturated heterocycles. The van der Waals surface area contributed by atoms with Crippen molar-refractivity contribution in [3.05, 3.63) is 71.0 Å². The fourth-order valence-corrected chi connectivity index (χ4v) is 3.60. The number of nitrogens with zero attached hydrogens (tertiary/aromatic N) is 5. The summed E-state index contributed by atoms with van der Waals surface area (Å²) in [7, 11) is 0. The molecule has 0 radical (unpaired) electrons. The molecule has 6 nitrogen and oxygen atoms in total. The molecule has 0 spiro atoms. The maximum atomic E-state index is 13.5. The van der Waals surface area contributed by atoms with Crippen molar-refractivity contribution in [2.45, 2.75) is 26.3 Å². The SMILES string of the molecule is CC[C@@H](C)n1cnc2c(c1=O)c1nc3ccccc3nc1n2-c1ccc(F)cc1. The minimum Gasteiger partial charge on any atom is -0.296 e. The van der Waals surface area contributed by atoms with Gasteiger partial charge >= 0.3 is 0 Å². The molecule has 29 heavy (non-hydrogen) atoms. The molecule has 2 aromatic carbocycles. The van der Waals surface area contributed by atoms with Crippen LogP contribution in [-0.4, -0.2) is 24.1 Å². The molecule has 3 heterocycles. The average Bonchev–Trinajstić information content (AvgIpc) is 3.06. The van der Waals surface area contributed by atoms with Crippen LogP contribution in [0.1, 0.15) is 26.3 Å². The summed E-state index contributed by atoms with van der Waals surface area (Å²) in [6.07, 6.45) is 2.37. The topological polar surface area (TPSA) is 65.6 Å². The minimum absolute atomic E-state index is 0.0111. The molecule has 0 fully saturated rings. The minimum atomic E-state index is -0.335. The van der Waals surface area contributed by atoms with Crippen LogP contribution in [-0.2, 0) is 0 Å². The van der Waals surface area contributed by atoms with Gasteiger partial charge in [-0.25, -0.2) is 19.3 Å². The Hall–Kier alpha value is -3.61. The number of hydrogen-bond donors (Lipinski definition) is 0. The molecule has 3 aromatic heterocycles. The van der Waals surface area contributed by atoms with E-state index in [0.29, 0.717) is 38.9 Å². The number of rotatable bonds is 3. The third kappa shape index (κ3) is 2.61. The Morgan fingerprint density at radius 3 is 2.38 bits per heavy atom. The van der Waals surface area contributed by atoms with Crippen LogP contribution in [0.25, 0.3) is 38.9 Å². The number of fused-ring (bicyclic) bond motifs is 4. The van der Waals surface area contributed by atoms with E-state index < -0.39 is 0 Å². The molecule has 5 rings (SSSR count). The largest absolute Gasteiger partial charge is 0.296 e. The fraction of sp³-hybridized carbons (Fsp3) is 0.182. The quantitative estimate of drug-likeness (QED) is 0.460. The van der Waals surface area contributed by atoms with Crippen molar-refractivity contribution < 1.29 is 4.39 Å². The smallest absolute Gasteiger partial charge is 0.265 e. The van der Waals surface area contributed by atoms with E-state index in [4.69, 9.17) is 9.97 Å². The second-order valence-electron chi connectivity index (χ2n) is 7.11. The van der Waals surface area contributed by atoms with Gasteiger partial charge in [0.25, 0.3) is 5.56 Å². The molecular formula is C22H18FN5O. The molecule has 0 bridgehead atoms. The van der Waals surface area contributed by atoms with Gasteiger partial charge in [-0.1, -0.05) is 19.1 Å². The van der Waals surface area contributed by atoms with Crippen LogP contribution in [0.3, 0.4) is 0 Å². The van der Waals surface area contributed by atoms with E-state index in [1.54, 1.807) is 27.6 Å². The van der Waals surface area contributed by atoms with E-state index in [2.05, 4.69) is 4.98 Å². The summed E-state index contributed by atoms with van der Waals surface area (Å²) in [4.78, 5) is 27.5. The lowest BCUT2D eigenvalue weighted by Gasteiger charge is -2.12. The van der Waals surface area contributed by atoms with Gasteiger partial charge in [0.05, 0.1) is 11.0 Å². The van der Waals surface area contributed by atoms with Crippen molar-refractivity contribution in [2.24, 2.45) is 0 Å². The van der Waals surface area contributed by atoms with Gasteiger partial charge in [-0.2, -0.15) is 0 Å². The summed E-state index contributed by atoms with van der Waals surface area (Å²) in [5, 5.41) is 0.422. The summed E-state index contributed by atoms with van der Waals surface area (Å²) < 4.78 is 16.9. The van der Waals surface area contributed by atoms with Crippen LogP contribution in [0.2, 0.25) is 0 Å². The van der Waals surface area contributed by atoms with Gasteiger partial charge in [0.2, 0.25) is 0 Å². The van der Waals surface area contributed by atoms with E-state index in [1.807, 2.05) is 38.1 Å². The molecule has 7 heteroatoms. The Kier molecular flexibility index (Phi) is 3.91. The van der Waals surface area contributed by atoms with Gasteiger partial charge in [-0.3, -0.25) is 13.9 Å². The first-order valence-electron chi connectivity index (χ1n) is 9.52. The zero-order valence-corrected chi connectivity index (χ0v) is 16.0. The molecular weight excluding hydrogens is 369 g/mol. The van der Waals surface area contributed by atoms with Crippen molar-refractivity contribution in [3.63, 3.8) is 0 Å². The Labute approximate surface area is 165 Å². The highest BCUT2D eigenvalue weighted by Crippen LogP contribution is 2.28. The first-order chi connectivity index (χ1) is 14.1. The summed E-state index contributed by atoms with van der Waals surface area (Å²) in [5.41, 5.74) is 3.43. The lowest BCUT2D eigenvalue weighted by Crippen LogP contribution is -2.23. The van der Waals surface area contributed by atoms with Crippen LogP contribution in [0.15, 0.2) is 59.7 Å². The third-order valence-electron chi connectivity index (χ3n) is 5.34. The van der Waals surface area contributed by atoms with Crippen LogP contribution < -0.4 is 5.56 Å². The Morgan fingerprint density at radius 1 is 1.00 bits per heavy atom. The number of aromatic nitrogens is 5. The second kappa shape index (κ2) is 6.48. The molecule has 5 aromatic rings. The lowest BCUT2D eigenvalue weighted by molar-refractivity contribution is 0.510. The lowest BCUT2D eigenvalue weighted by atomic mass is 10.2. The number of hydrogen-bond acceptors (Lipinski definition) is 4. The van der Waals surface area contributed by atoms with E-state index in [9.17, 15) is 9.18 Å². The molecule has 0 saturated carbocycles. The Morgan fingerprint density at radius 2 is 1.69 bits per heavy atom. The monoisotopic (exact) mass is 387 g/mol. The van der Waals surface area contributed by atoms with Gasteiger partial charge in [-0.15, -0.1) is 0 Å². The van der Waals surface area contributed by atoms with Gasteiger partial charge in [0, 0.05) is 11.7 Å². The van der Waals surface area contributed by atoms with E-state index in [-0.39, 0.29) is 17.4 Å². The second-order valence-corrected chi connectivity index (χ2v) is 7.11. The third-order valence-corrected chi connectivity index (χ3v) is 5.34. The van der Waals surface area contributed by atoms with E-state index >= 15 is 0 Å². The highest BCUT2D eigenvalue weighted by Gasteiger charge is 2.21. The summed E-state index contributed by atoms with van der Waals surface area (Å²) in [6.45, 7) is 4.01. The number of benzene rings is 2. The molecule has 0 aliphatic carbocycles. The van der Waals surface area contributed by atoms with Crippen molar-refractivity contribution in [2.75, 3.05) is 0 Å². The molecule has 1 atom stereocenters. The van der Waals surface area contributed by atoms with Crippen molar-refractivity contribution in [1.82, 2.24) is 24.1 Å². The zero-order valence-electron chi connectivity index (χ0n) is 16.0. The fourth-order valence-electron chi connectivity index (χ4n) is 3.60. The highest BCUT2D eigenvalue weighted by molar-refractivity contribution is 6.05. The molecule has 144 valence electrons. The van der Waals surface area contributed by atoms with Crippen LogP contribution in [0.4, 0.5) is 4.39 Å². The zero-order chi connectivity index (χ0) is 20.1. The van der Waals surface area contributed by atoms with Crippen molar-refractivity contribution in [1.29, 1.82) is 0 Å². The maximum Gasteiger partial charge on any atom is 0.265 e. The predicted octanol–water partition coefficient (Wildman–Crippen LogP) is 4.39. The molecule has 0 amide bonds. The molecule has 0 N–H and O–H groups in total. The van der Waals surface area contributed by atoms with Gasteiger partial charge in [-0.05, 0) is 49.7 Å². The molecule has 0 aliphatic rings. The summed E-state index contributed by atoms with van der Waals surface area (Å²) in [5.74, 6) is -0.335. The summed E-state index contributed by atoms with van der Waals surface area (Å²) in [6, 6.07) is 13.6. The van der Waals surface area contributed by atoms with Gasteiger partial charge in [0.15, 0.2) is 11.3 Å². The van der Waals surface area contributed by atoms with E-state index in [1.165, 1.54) is 12.1 Å². The average molecular weight is 387 g/mol. The Bertz CT molecular complexity index is 1440. The highest BCUT2D eigenvalue weighted by atomic mass is 19.1. The van der Waals surface area contributed by atoms with Gasteiger partial charge < -0.3 is 0 Å². The van der Waals surface area contributed by atoms with E-state index in [0.717, 1.165) is 6.42 Å². The van der Waals surface area contributed by atoms with Crippen LogP contribution >= 0.6 is 0 Å². The predicted molar refractivity (Wildman–Crippen MR) is 111 cm³/mol. The first-order valence-corrected chi connectivity index (χ1v) is 9.52. The van der Waals surface area contributed by atoms with Gasteiger partial charge in [0.1, 0.15) is 23.0 Å². The normalized spacial score (nSPS) is 12.8. The van der Waals surface area contributed by atoms with Crippen LogP contribution in [0, 0.1) is 5.82 Å².